The molecule has 4 nitrogen and oxygen atoms in total. The highest BCUT2D eigenvalue weighted by Gasteiger charge is 2.25. The van der Waals surface area contributed by atoms with Crippen molar-refractivity contribution in [2.24, 2.45) is 0 Å². The van der Waals surface area contributed by atoms with Crippen molar-refractivity contribution in [3.63, 3.8) is 0 Å². The average molecular weight is 277 g/mol. The second-order valence-electron chi connectivity index (χ2n) is 5.10. The maximum Gasteiger partial charge on any atom is 0.166 e. The zero-order chi connectivity index (χ0) is 14.5. The predicted octanol–water partition coefficient (Wildman–Crippen LogP) is 2.15. The van der Waals surface area contributed by atoms with E-state index in [0.717, 1.165) is 45.1 Å². The van der Waals surface area contributed by atoms with Crippen LogP contribution in [0.2, 0.25) is 0 Å². The monoisotopic (exact) mass is 277 g/mol. The number of nitrogens with zero attached hydrogens (tertiary/aromatic N) is 2. The molecular weight excluding hydrogens is 257 g/mol. The van der Waals surface area contributed by atoms with E-state index in [0.29, 0.717) is 5.56 Å². The van der Waals surface area contributed by atoms with E-state index in [9.17, 15) is 9.50 Å². The molecule has 0 aromatic heterocycles. The maximum absolute atomic E-state index is 13.8. The summed E-state index contributed by atoms with van der Waals surface area (Å²) >= 11 is 0. The van der Waals surface area contributed by atoms with Crippen molar-refractivity contribution >= 4 is 0 Å². The van der Waals surface area contributed by atoms with Gasteiger partial charge in [-0.25, -0.2) is 4.39 Å². The van der Waals surface area contributed by atoms with Crippen LogP contribution in [0.4, 0.5) is 4.39 Å². The van der Waals surface area contributed by atoms with Gasteiger partial charge in [0.1, 0.15) is 0 Å². The van der Waals surface area contributed by atoms with Gasteiger partial charge in [-0.15, -0.1) is 0 Å². The quantitative estimate of drug-likeness (QED) is 0.885. The van der Waals surface area contributed by atoms with Crippen LogP contribution in [0.25, 0.3) is 0 Å². The summed E-state index contributed by atoms with van der Waals surface area (Å²) < 4.78 is 13.8. The SMILES string of the molecule is CCC[C@@H](c1cc(C#N)cc(F)c1O)N1CCNCC1. The molecule has 0 radical (unpaired) electrons. The molecule has 5 heteroatoms. The fraction of sp³-hybridized carbons (Fsp3) is 0.533. The van der Waals surface area contributed by atoms with Crippen molar-refractivity contribution in [3.8, 4) is 11.8 Å². The van der Waals surface area contributed by atoms with Crippen LogP contribution in [0.15, 0.2) is 12.1 Å². The smallest absolute Gasteiger partial charge is 0.166 e. The number of aromatic hydroxyl groups is 1. The third kappa shape index (κ3) is 3.09. The lowest BCUT2D eigenvalue weighted by Gasteiger charge is -2.35. The fourth-order valence-corrected chi connectivity index (χ4v) is 2.74. The minimum atomic E-state index is -0.713. The van der Waals surface area contributed by atoms with Gasteiger partial charge in [-0.1, -0.05) is 13.3 Å². The Bertz CT molecular complexity index is 507. The highest BCUT2D eigenvalue weighted by molar-refractivity contribution is 5.44. The highest BCUT2D eigenvalue weighted by Crippen LogP contribution is 2.34. The molecule has 1 aliphatic heterocycles. The molecule has 1 aromatic rings. The number of nitrogens with one attached hydrogen (secondary N) is 1. The summed E-state index contributed by atoms with van der Waals surface area (Å²) in [4.78, 5) is 2.25. The first kappa shape index (κ1) is 14.8. The summed E-state index contributed by atoms with van der Waals surface area (Å²) in [5.41, 5.74) is 0.789. The standard InChI is InChI=1S/C15H20FN3O/c1-2-3-14(19-6-4-18-5-7-19)12-8-11(10-17)9-13(16)15(12)20/h8-9,14,18,20H,2-7H2,1H3/t14-/m0/s1. The molecule has 2 N–H and O–H groups in total. The molecule has 20 heavy (non-hydrogen) atoms. The molecule has 108 valence electrons. The Kier molecular flexibility index (Phi) is 4.94. The third-order valence-corrected chi connectivity index (χ3v) is 3.74. The lowest BCUT2D eigenvalue weighted by Crippen LogP contribution is -2.45. The number of rotatable bonds is 4. The van der Waals surface area contributed by atoms with Crippen molar-refractivity contribution in [3.05, 3.63) is 29.1 Å². The van der Waals surface area contributed by atoms with Crippen LogP contribution in [0.1, 0.15) is 36.9 Å². The van der Waals surface area contributed by atoms with Gasteiger partial charge in [0, 0.05) is 37.8 Å². The molecule has 1 fully saturated rings. The van der Waals surface area contributed by atoms with Crippen molar-refractivity contribution in [1.82, 2.24) is 10.2 Å². The number of nitriles is 1. The Morgan fingerprint density at radius 1 is 1.45 bits per heavy atom. The first-order valence-electron chi connectivity index (χ1n) is 7.04. The van der Waals surface area contributed by atoms with Gasteiger partial charge in [-0.05, 0) is 18.6 Å². The van der Waals surface area contributed by atoms with Crippen LogP contribution < -0.4 is 5.32 Å². The Balaban J connectivity index is 2.37. The molecule has 1 atom stereocenters. The molecule has 1 aliphatic rings. The number of hydrogen-bond donors (Lipinski definition) is 2. The normalized spacial score (nSPS) is 17.6. The molecule has 0 amide bonds. The topological polar surface area (TPSA) is 59.3 Å². The van der Waals surface area contributed by atoms with Gasteiger partial charge < -0.3 is 10.4 Å². The minimum Gasteiger partial charge on any atom is -0.505 e. The summed E-state index contributed by atoms with van der Waals surface area (Å²) in [5.74, 6) is -1.03. The Morgan fingerprint density at radius 2 is 2.15 bits per heavy atom. The van der Waals surface area contributed by atoms with E-state index in [1.54, 1.807) is 6.07 Å². The maximum atomic E-state index is 13.8. The van der Waals surface area contributed by atoms with Crippen LogP contribution in [0.5, 0.6) is 5.75 Å². The molecule has 1 saturated heterocycles. The predicted molar refractivity (Wildman–Crippen MR) is 74.9 cm³/mol. The molecule has 0 aliphatic carbocycles. The van der Waals surface area contributed by atoms with Gasteiger partial charge in [0.05, 0.1) is 11.6 Å². The number of benzene rings is 1. The minimum absolute atomic E-state index is 0.0371. The first-order chi connectivity index (χ1) is 9.67. The summed E-state index contributed by atoms with van der Waals surface area (Å²) in [7, 11) is 0. The molecule has 0 bridgehead atoms. The van der Waals surface area contributed by atoms with Crippen LogP contribution in [0.3, 0.4) is 0 Å². The van der Waals surface area contributed by atoms with Crippen LogP contribution in [-0.4, -0.2) is 36.2 Å². The lowest BCUT2D eigenvalue weighted by atomic mass is 9.97. The molecule has 1 aromatic carbocycles. The summed E-state index contributed by atoms with van der Waals surface area (Å²) in [6.45, 7) is 5.57. The van der Waals surface area contributed by atoms with Gasteiger partial charge in [0.25, 0.3) is 0 Å². The zero-order valence-electron chi connectivity index (χ0n) is 11.7. The van der Waals surface area contributed by atoms with E-state index in [4.69, 9.17) is 5.26 Å². The van der Waals surface area contributed by atoms with Crippen molar-refractivity contribution in [2.75, 3.05) is 26.2 Å². The molecule has 2 rings (SSSR count). The second-order valence-corrected chi connectivity index (χ2v) is 5.10. The number of phenolic OH excluding ortho intramolecular Hbond substituents is 1. The second kappa shape index (κ2) is 6.69. The molecule has 0 unspecified atom stereocenters. The van der Waals surface area contributed by atoms with Crippen molar-refractivity contribution in [1.29, 1.82) is 5.26 Å². The van der Waals surface area contributed by atoms with Gasteiger partial charge in [0.2, 0.25) is 0 Å². The van der Waals surface area contributed by atoms with Gasteiger partial charge in [-0.3, -0.25) is 4.90 Å². The number of phenols is 1. The molecular formula is C15H20FN3O. The zero-order valence-corrected chi connectivity index (χ0v) is 11.7. The van der Waals surface area contributed by atoms with E-state index in [1.807, 2.05) is 6.07 Å². The van der Waals surface area contributed by atoms with Gasteiger partial charge in [0.15, 0.2) is 11.6 Å². The molecule has 0 spiro atoms. The highest BCUT2D eigenvalue weighted by atomic mass is 19.1. The summed E-state index contributed by atoms with van der Waals surface area (Å²) in [5, 5.41) is 22.3. The summed E-state index contributed by atoms with van der Waals surface area (Å²) in [6.07, 6.45) is 1.77. The summed E-state index contributed by atoms with van der Waals surface area (Å²) in [6, 6.07) is 4.61. The number of halogens is 1. The third-order valence-electron chi connectivity index (χ3n) is 3.74. The van der Waals surface area contributed by atoms with E-state index < -0.39 is 5.82 Å². The van der Waals surface area contributed by atoms with E-state index in [1.165, 1.54) is 0 Å². The van der Waals surface area contributed by atoms with Crippen molar-refractivity contribution in [2.45, 2.75) is 25.8 Å². The van der Waals surface area contributed by atoms with Gasteiger partial charge in [-0.2, -0.15) is 5.26 Å². The van der Waals surface area contributed by atoms with Crippen LogP contribution in [-0.2, 0) is 0 Å². The largest absolute Gasteiger partial charge is 0.505 e. The molecule has 0 saturated carbocycles. The first-order valence-corrected chi connectivity index (χ1v) is 7.04. The lowest BCUT2D eigenvalue weighted by molar-refractivity contribution is 0.161. The Labute approximate surface area is 118 Å². The number of hydrogen-bond acceptors (Lipinski definition) is 4. The fourth-order valence-electron chi connectivity index (χ4n) is 2.74. The van der Waals surface area contributed by atoms with E-state index >= 15 is 0 Å². The van der Waals surface area contributed by atoms with E-state index in [-0.39, 0.29) is 17.4 Å². The number of piperazine rings is 1. The van der Waals surface area contributed by atoms with Gasteiger partial charge >= 0.3 is 0 Å². The average Bonchev–Trinajstić information content (AvgIpc) is 2.48. The van der Waals surface area contributed by atoms with Crippen LogP contribution in [0, 0.1) is 17.1 Å². The van der Waals surface area contributed by atoms with Crippen LogP contribution >= 0.6 is 0 Å². The van der Waals surface area contributed by atoms with Crippen molar-refractivity contribution < 1.29 is 9.50 Å². The Hall–Kier alpha value is -1.64. The van der Waals surface area contributed by atoms with E-state index in [2.05, 4.69) is 17.1 Å². The molecule has 1 heterocycles. The Morgan fingerprint density at radius 3 is 2.75 bits per heavy atom.